The van der Waals surface area contributed by atoms with Crippen LogP contribution in [0.3, 0.4) is 0 Å². The summed E-state index contributed by atoms with van der Waals surface area (Å²) in [5, 5.41) is 0. The summed E-state index contributed by atoms with van der Waals surface area (Å²) in [4.78, 5) is 13.4. The van der Waals surface area contributed by atoms with Crippen molar-refractivity contribution in [2.45, 2.75) is 39.9 Å². The van der Waals surface area contributed by atoms with Crippen LogP contribution in [0.4, 0.5) is 0 Å². The molecule has 1 unspecified atom stereocenters. The highest BCUT2D eigenvalue weighted by molar-refractivity contribution is 6.49. The summed E-state index contributed by atoms with van der Waals surface area (Å²) in [6.07, 6.45) is 3.63. The molecule has 0 aliphatic rings. The zero-order chi connectivity index (χ0) is 16.1. The Hall–Kier alpha value is -2.01. The van der Waals surface area contributed by atoms with E-state index in [1.807, 2.05) is 44.4 Å². The van der Waals surface area contributed by atoms with Crippen molar-refractivity contribution in [3.8, 4) is 5.75 Å². The molecule has 5 heteroatoms. The van der Waals surface area contributed by atoms with E-state index in [0.29, 0.717) is 5.82 Å². The van der Waals surface area contributed by atoms with Gasteiger partial charge in [-0.15, -0.1) is 0 Å². The highest BCUT2D eigenvalue weighted by Crippen LogP contribution is 2.28. The van der Waals surface area contributed by atoms with Crippen LogP contribution >= 0.6 is 0 Å². The Balaban J connectivity index is 2.26. The van der Waals surface area contributed by atoms with Crippen molar-refractivity contribution in [1.82, 2.24) is 9.97 Å². The van der Waals surface area contributed by atoms with E-state index in [-0.39, 0.29) is 6.04 Å². The van der Waals surface area contributed by atoms with E-state index in [9.17, 15) is 0 Å². The van der Waals surface area contributed by atoms with Gasteiger partial charge in [-0.1, -0.05) is 18.2 Å². The van der Waals surface area contributed by atoms with Gasteiger partial charge in [0, 0.05) is 18.0 Å². The van der Waals surface area contributed by atoms with Crippen LogP contribution < -0.4 is 4.43 Å². The van der Waals surface area contributed by atoms with Gasteiger partial charge in [0.15, 0.2) is 5.82 Å². The third-order valence-electron chi connectivity index (χ3n) is 3.22. The van der Waals surface area contributed by atoms with E-state index in [0.717, 1.165) is 22.6 Å². The quantitative estimate of drug-likeness (QED) is 0.624. The summed E-state index contributed by atoms with van der Waals surface area (Å²) >= 11 is 0. The van der Waals surface area contributed by atoms with E-state index >= 15 is 0 Å². The maximum absolute atomic E-state index is 6.01. The van der Waals surface area contributed by atoms with Crippen LogP contribution in [0.5, 0.6) is 5.75 Å². The minimum atomic E-state index is -1.14. The molecule has 22 heavy (non-hydrogen) atoms. The van der Waals surface area contributed by atoms with E-state index in [2.05, 4.69) is 36.1 Å². The number of aromatic nitrogens is 2. The van der Waals surface area contributed by atoms with Crippen LogP contribution in [0.15, 0.2) is 41.7 Å². The second-order valence-corrected chi connectivity index (χ2v) is 8.01. The maximum Gasteiger partial charge on any atom is 0.229 e. The lowest BCUT2D eigenvalue weighted by molar-refractivity contribution is 0.563. The molecule has 4 nitrogen and oxygen atoms in total. The Kier molecular flexibility index (Phi) is 5.44. The van der Waals surface area contributed by atoms with Crippen molar-refractivity contribution < 1.29 is 4.43 Å². The fourth-order valence-electron chi connectivity index (χ4n) is 2.18. The third kappa shape index (κ3) is 4.24. The Morgan fingerprint density at radius 3 is 2.45 bits per heavy atom. The molecule has 1 heterocycles. The lowest BCUT2D eigenvalue weighted by Crippen LogP contribution is -2.13. The van der Waals surface area contributed by atoms with Crippen molar-refractivity contribution in [2.24, 2.45) is 4.99 Å². The van der Waals surface area contributed by atoms with Gasteiger partial charge in [0.2, 0.25) is 9.04 Å². The molecule has 0 saturated heterocycles. The monoisotopic (exact) mass is 313 g/mol. The second-order valence-electron chi connectivity index (χ2n) is 5.68. The molecule has 0 amide bonds. The average Bonchev–Trinajstić information content (AvgIpc) is 2.47. The average molecular weight is 313 g/mol. The van der Waals surface area contributed by atoms with Gasteiger partial charge in [0.05, 0.1) is 11.8 Å². The molecule has 0 bridgehead atoms. The van der Waals surface area contributed by atoms with Crippen LogP contribution in [0.2, 0.25) is 13.1 Å². The van der Waals surface area contributed by atoms with E-state index in [4.69, 9.17) is 9.42 Å². The molecule has 0 fully saturated rings. The lowest BCUT2D eigenvalue weighted by Gasteiger charge is -2.17. The number of para-hydroxylation sites is 1. The number of benzene rings is 1. The molecule has 0 radical (unpaired) electrons. The number of hydrogen-bond donors (Lipinski definition) is 0. The van der Waals surface area contributed by atoms with Crippen LogP contribution in [0, 0.1) is 6.92 Å². The Labute approximate surface area is 134 Å². The predicted molar refractivity (Wildman–Crippen MR) is 93.3 cm³/mol. The molecular weight excluding hydrogens is 290 g/mol. The van der Waals surface area contributed by atoms with E-state index in [1.165, 1.54) is 0 Å². The van der Waals surface area contributed by atoms with Crippen LogP contribution in [0.25, 0.3) is 0 Å². The Morgan fingerprint density at radius 1 is 1.18 bits per heavy atom. The zero-order valence-corrected chi connectivity index (χ0v) is 15.0. The molecular formula is C17H23N3OSi. The first kappa shape index (κ1) is 16.4. The van der Waals surface area contributed by atoms with Crippen molar-refractivity contribution in [1.29, 1.82) is 0 Å². The van der Waals surface area contributed by atoms with Gasteiger partial charge in [-0.05, 0) is 45.5 Å². The number of aliphatic imine (C=N–C) groups is 1. The van der Waals surface area contributed by atoms with Crippen molar-refractivity contribution in [3.05, 3.63) is 53.6 Å². The Morgan fingerprint density at radius 2 is 1.82 bits per heavy atom. The van der Waals surface area contributed by atoms with Crippen molar-refractivity contribution in [2.75, 3.05) is 0 Å². The molecule has 0 aliphatic heterocycles. The van der Waals surface area contributed by atoms with Gasteiger partial charge in [-0.25, -0.2) is 9.97 Å². The number of hydrogen-bond acceptors (Lipinski definition) is 4. The molecule has 0 N–H and O–H groups in total. The molecule has 0 saturated carbocycles. The normalized spacial score (nSPS) is 13.3. The maximum atomic E-state index is 6.01. The summed E-state index contributed by atoms with van der Waals surface area (Å²) in [5.41, 5.74) is 2.99. The number of aryl methyl sites for hydroxylation is 1. The first-order chi connectivity index (χ1) is 10.5. The zero-order valence-electron chi connectivity index (χ0n) is 13.9. The molecule has 1 atom stereocenters. The molecule has 1 aromatic heterocycles. The largest absolute Gasteiger partial charge is 0.547 e. The van der Waals surface area contributed by atoms with Gasteiger partial charge in [0.25, 0.3) is 0 Å². The van der Waals surface area contributed by atoms with Gasteiger partial charge < -0.3 is 4.43 Å². The second kappa shape index (κ2) is 7.31. The summed E-state index contributed by atoms with van der Waals surface area (Å²) in [5.74, 6) is 1.62. The molecule has 0 aliphatic carbocycles. The van der Waals surface area contributed by atoms with Crippen LogP contribution in [-0.4, -0.2) is 24.7 Å². The Bertz CT molecular complexity index is 653. The minimum Gasteiger partial charge on any atom is -0.547 e. The van der Waals surface area contributed by atoms with Gasteiger partial charge >= 0.3 is 0 Å². The molecule has 0 spiro atoms. The number of nitrogens with zero attached hydrogens (tertiary/aromatic N) is 3. The highest BCUT2D eigenvalue weighted by atomic mass is 28.3. The summed E-state index contributed by atoms with van der Waals surface area (Å²) in [7, 11) is -1.14. The molecule has 1 aromatic carbocycles. The fraction of sp³-hybridized carbons (Fsp3) is 0.353. The summed E-state index contributed by atoms with van der Waals surface area (Å²) < 4.78 is 6.01. The van der Waals surface area contributed by atoms with Crippen molar-refractivity contribution in [3.63, 3.8) is 0 Å². The first-order valence-electron chi connectivity index (χ1n) is 7.56. The van der Waals surface area contributed by atoms with E-state index < -0.39 is 9.04 Å². The first-order valence-corrected chi connectivity index (χ1v) is 10.3. The molecule has 2 rings (SSSR count). The topological polar surface area (TPSA) is 47.4 Å². The fourth-order valence-corrected chi connectivity index (χ4v) is 2.91. The standard InChI is InChI=1S/C17H23N3OSi/c1-12-10-18-17(19-11-12)14(3)20-13(2)15-8-6-7-9-16(15)21-22(4)5/h6-11,13,22H,1-5H3. The summed E-state index contributed by atoms with van der Waals surface area (Å²) in [6, 6.07) is 8.12. The minimum absolute atomic E-state index is 0.00820. The SMILES string of the molecule is CC(=NC(C)c1ccccc1O[SiH](C)C)c1ncc(C)cn1. The lowest BCUT2D eigenvalue weighted by atomic mass is 10.1. The van der Waals surface area contributed by atoms with Crippen molar-refractivity contribution >= 4 is 14.8 Å². The predicted octanol–water partition coefficient (Wildman–Crippen LogP) is 3.72. The van der Waals surface area contributed by atoms with Gasteiger partial charge in [-0.2, -0.15) is 0 Å². The summed E-state index contributed by atoms with van der Waals surface area (Å²) in [6.45, 7) is 10.3. The molecule has 2 aromatic rings. The van der Waals surface area contributed by atoms with E-state index in [1.54, 1.807) is 0 Å². The molecule has 116 valence electrons. The van der Waals surface area contributed by atoms with Gasteiger partial charge in [-0.3, -0.25) is 4.99 Å². The van der Waals surface area contributed by atoms with Crippen LogP contribution in [0.1, 0.15) is 36.8 Å². The highest BCUT2D eigenvalue weighted by Gasteiger charge is 2.12. The third-order valence-corrected chi connectivity index (χ3v) is 3.95. The van der Waals surface area contributed by atoms with Crippen LogP contribution in [-0.2, 0) is 0 Å². The van der Waals surface area contributed by atoms with Gasteiger partial charge in [0.1, 0.15) is 5.75 Å². The smallest absolute Gasteiger partial charge is 0.229 e. The number of rotatable bonds is 5.